The smallest absolute Gasteiger partial charge is 0.204 e. The molecule has 2 aromatic heterocycles. The van der Waals surface area contributed by atoms with E-state index < -0.39 is 0 Å². The number of nitrogens with zero attached hydrogens (tertiary/aromatic N) is 1. The van der Waals surface area contributed by atoms with Crippen LogP contribution >= 0.6 is 11.3 Å². The summed E-state index contributed by atoms with van der Waals surface area (Å²) < 4.78 is 12.0. The lowest BCUT2D eigenvalue weighted by molar-refractivity contribution is 0.121. The topological polar surface area (TPSA) is 42.7 Å². The molecule has 0 amide bonds. The second-order valence-electron chi connectivity index (χ2n) is 5.05. The molecule has 0 radical (unpaired) electrons. The van der Waals surface area contributed by atoms with Gasteiger partial charge < -0.3 is 14.1 Å². The van der Waals surface area contributed by atoms with Crippen molar-refractivity contribution >= 4 is 27.5 Å². The summed E-state index contributed by atoms with van der Waals surface area (Å²) in [4.78, 5) is 14.2. The van der Waals surface area contributed by atoms with Gasteiger partial charge in [-0.3, -0.25) is 4.79 Å². The van der Waals surface area contributed by atoms with Crippen molar-refractivity contribution in [2.45, 2.75) is 19.8 Å². The van der Waals surface area contributed by atoms with Crippen LogP contribution in [-0.4, -0.2) is 26.3 Å². The highest BCUT2D eigenvalue weighted by atomic mass is 32.1. The van der Waals surface area contributed by atoms with Gasteiger partial charge >= 0.3 is 0 Å². The van der Waals surface area contributed by atoms with Crippen molar-refractivity contribution in [3.05, 3.63) is 27.2 Å². The quantitative estimate of drug-likeness (QED) is 0.848. The minimum absolute atomic E-state index is 0.0552. The van der Waals surface area contributed by atoms with Gasteiger partial charge in [-0.25, -0.2) is 0 Å². The fourth-order valence-corrected chi connectivity index (χ4v) is 3.35. The van der Waals surface area contributed by atoms with E-state index in [2.05, 4.69) is 18.7 Å². The summed E-state index contributed by atoms with van der Waals surface area (Å²) in [6.07, 6.45) is 0. The van der Waals surface area contributed by atoms with Crippen LogP contribution in [0.2, 0.25) is 0 Å². The standard InChI is InChI=1S/C14H17NO3S/c1-9(2)10-8-19-14-11(16)7-12(18-13(10)14)15-3-5-17-6-4-15/h7-9H,3-6H2,1-2H3. The largest absolute Gasteiger partial charge is 0.439 e. The van der Waals surface area contributed by atoms with Crippen molar-refractivity contribution in [3.8, 4) is 0 Å². The molecule has 0 N–H and O–H groups in total. The zero-order valence-electron chi connectivity index (χ0n) is 11.1. The predicted octanol–water partition coefficient (Wildman–Crippen LogP) is 2.81. The van der Waals surface area contributed by atoms with Crippen LogP contribution in [0.15, 0.2) is 20.7 Å². The molecule has 102 valence electrons. The van der Waals surface area contributed by atoms with Gasteiger partial charge in [0.05, 0.1) is 13.2 Å². The van der Waals surface area contributed by atoms with Gasteiger partial charge in [0.1, 0.15) is 4.70 Å². The van der Waals surface area contributed by atoms with E-state index in [9.17, 15) is 4.79 Å². The van der Waals surface area contributed by atoms with E-state index >= 15 is 0 Å². The van der Waals surface area contributed by atoms with Crippen molar-refractivity contribution in [2.75, 3.05) is 31.2 Å². The van der Waals surface area contributed by atoms with Gasteiger partial charge in [-0.1, -0.05) is 13.8 Å². The Morgan fingerprint density at radius 1 is 1.32 bits per heavy atom. The molecule has 1 aliphatic heterocycles. The van der Waals surface area contributed by atoms with Gasteiger partial charge in [-0.05, 0) is 11.3 Å². The van der Waals surface area contributed by atoms with Crippen LogP contribution in [-0.2, 0) is 4.74 Å². The van der Waals surface area contributed by atoms with Crippen LogP contribution in [0.3, 0.4) is 0 Å². The Bertz CT molecular complexity index is 638. The molecule has 3 rings (SSSR count). The molecule has 1 saturated heterocycles. The Hall–Kier alpha value is -1.33. The van der Waals surface area contributed by atoms with Crippen molar-refractivity contribution < 1.29 is 9.15 Å². The van der Waals surface area contributed by atoms with Crippen LogP contribution in [0.25, 0.3) is 10.3 Å². The summed E-state index contributed by atoms with van der Waals surface area (Å²) in [6, 6.07) is 1.61. The molecule has 0 unspecified atom stereocenters. The van der Waals surface area contributed by atoms with Crippen LogP contribution in [0, 0.1) is 0 Å². The number of hydrogen-bond acceptors (Lipinski definition) is 5. The highest BCUT2D eigenvalue weighted by Crippen LogP contribution is 2.31. The first-order valence-electron chi connectivity index (χ1n) is 6.55. The maximum atomic E-state index is 12.2. The molecule has 4 nitrogen and oxygen atoms in total. The summed E-state index contributed by atoms with van der Waals surface area (Å²) in [5, 5.41) is 2.03. The molecule has 5 heteroatoms. The zero-order valence-corrected chi connectivity index (χ0v) is 12.0. The van der Waals surface area contributed by atoms with E-state index in [1.165, 1.54) is 11.3 Å². The third-order valence-corrected chi connectivity index (χ3v) is 4.40. The SMILES string of the molecule is CC(C)c1csc2c(=O)cc(N3CCOCC3)oc12. The van der Waals surface area contributed by atoms with E-state index in [1.54, 1.807) is 6.07 Å². The fourth-order valence-electron chi connectivity index (χ4n) is 2.29. The molecular formula is C14H17NO3S. The minimum atomic E-state index is 0.0552. The second kappa shape index (κ2) is 4.98. The number of thiophene rings is 1. The van der Waals surface area contributed by atoms with Gasteiger partial charge in [-0.2, -0.15) is 0 Å². The molecule has 2 aromatic rings. The lowest BCUT2D eigenvalue weighted by Crippen LogP contribution is -2.36. The molecular weight excluding hydrogens is 262 g/mol. The maximum Gasteiger partial charge on any atom is 0.204 e. The van der Waals surface area contributed by atoms with Crippen LogP contribution < -0.4 is 10.3 Å². The number of morpholine rings is 1. The molecule has 0 bridgehead atoms. The van der Waals surface area contributed by atoms with E-state index in [1.807, 2.05) is 5.38 Å². The highest BCUT2D eigenvalue weighted by molar-refractivity contribution is 7.17. The van der Waals surface area contributed by atoms with Gasteiger partial charge in [-0.15, -0.1) is 11.3 Å². The van der Waals surface area contributed by atoms with Crippen molar-refractivity contribution in [3.63, 3.8) is 0 Å². The van der Waals surface area contributed by atoms with Crippen LogP contribution in [0.4, 0.5) is 5.88 Å². The van der Waals surface area contributed by atoms with E-state index in [-0.39, 0.29) is 5.43 Å². The van der Waals surface area contributed by atoms with E-state index in [0.29, 0.717) is 25.0 Å². The number of anilines is 1. The van der Waals surface area contributed by atoms with Gasteiger partial charge in [0.2, 0.25) is 5.43 Å². The Labute approximate surface area is 115 Å². The molecule has 19 heavy (non-hydrogen) atoms. The third kappa shape index (κ3) is 2.28. The molecule has 0 aliphatic carbocycles. The molecule has 0 atom stereocenters. The molecule has 0 aromatic carbocycles. The van der Waals surface area contributed by atoms with E-state index in [4.69, 9.17) is 9.15 Å². The monoisotopic (exact) mass is 279 g/mol. The fraction of sp³-hybridized carbons (Fsp3) is 0.500. The summed E-state index contributed by atoms with van der Waals surface area (Å²) in [7, 11) is 0. The zero-order chi connectivity index (χ0) is 13.4. The third-order valence-electron chi connectivity index (χ3n) is 3.40. The normalized spacial score (nSPS) is 16.5. The minimum Gasteiger partial charge on any atom is -0.439 e. The summed E-state index contributed by atoms with van der Waals surface area (Å²) >= 11 is 1.47. The molecule has 0 spiro atoms. The average Bonchev–Trinajstić information content (AvgIpc) is 2.84. The Balaban J connectivity index is 2.11. The number of ether oxygens (including phenoxy) is 1. The molecule has 1 aliphatic rings. The number of hydrogen-bond donors (Lipinski definition) is 0. The Kier molecular flexibility index (Phi) is 3.33. The molecule has 3 heterocycles. The summed E-state index contributed by atoms with van der Waals surface area (Å²) in [5.41, 5.74) is 1.93. The maximum absolute atomic E-state index is 12.2. The van der Waals surface area contributed by atoms with Crippen molar-refractivity contribution in [1.82, 2.24) is 0 Å². The highest BCUT2D eigenvalue weighted by Gasteiger charge is 2.18. The van der Waals surface area contributed by atoms with Gasteiger partial charge in [0.25, 0.3) is 0 Å². The lowest BCUT2D eigenvalue weighted by Gasteiger charge is -2.27. The lowest BCUT2D eigenvalue weighted by atomic mass is 10.1. The number of fused-ring (bicyclic) bond motifs is 1. The van der Waals surface area contributed by atoms with Crippen LogP contribution in [0.5, 0.6) is 0 Å². The first-order chi connectivity index (χ1) is 9.16. The van der Waals surface area contributed by atoms with Gasteiger partial charge in [0.15, 0.2) is 11.5 Å². The average molecular weight is 279 g/mol. The first-order valence-corrected chi connectivity index (χ1v) is 7.42. The Morgan fingerprint density at radius 2 is 2.05 bits per heavy atom. The predicted molar refractivity (Wildman–Crippen MR) is 77.5 cm³/mol. The Morgan fingerprint density at radius 3 is 2.74 bits per heavy atom. The van der Waals surface area contributed by atoms with Crippen LogP contribution in [0.1, 0.15) is 25.3 Å². The molecule has 1 fully saturated rings. The van der Waals surface area contributed by atoms with Crippen molar-refractivity contribution in [2.24, 2.45) is 0 Å². The summed E-state index contributed by atoms with van der Waals surface area (Å²) in [5.74, 6) is 1.03. The summed E-state index contributed by atoms with van der Waals surface area (Å²) in [6.45, 7) is 7.14. The molecule has 0 saturated carbocycles. The first kappa shape index (κ1) is 12.7. The van der Waals surface area contributed by atoms with Gasteiger partial charge in [0, 0.05) is 24.7 Å². The number of rotatable bonds is 2. The second-order valence-corrected chi connectivity index (χ2v) is 5.93. The van der Waals surface area contributed by atoms with E-state index in [0.717, 1.165) is 28.9 Å². The van der Waals surface area contributed by atoms with Crippen molar-refractivity contribution in [1.29, 1.82) is 0 Å².